The van der Waals surface area contributed by atoms with Gasteiger partial charge in [0.2, 0.25) is 5.91 Å². The van der Waals surface area contributed by atoms with Crippen molar-refractivity contribution in [2.45, 2.75) is 6.92 Å². The third kappa shape index (κ3) is 4.49. The molecule has 178 valence electrons. The van der Waals surface area contributed by atoms with Gasteiger partial charge in [0, 0.05) is 44.5 Å². The lowest BCUT2D eigenvalue weighted by atomic mass is 10.2. The second-order valence-electron chi connectivity index (χ2n) is 8.47. The van der Waals surface area contributed by atoms with Gasteiger partial charge in [0.25, 0.3) is 5.56 Å². The van der Waals surface area contributed by atoms with Crippen LogP contribution in [0.2, 0.25) is 0 Å². The van der Waals surface area contributed by atoms with Gasteiger partial charge in [0.15, 0.2) is 5.82 Å². The highest BCUT2D eigenvalue weighted by atomic mass is 19.1. The molecule has 34 heavy (non-hydrogen) atoms. The van der Waals surface area contributed by atoms with E-state index in [1.54, 1.807) is 24.0 Å². The number of likely N-dealkylation sites (N-methyl/N-ethyl adjacent to an activating group) is 1. The molecule has 1 aliphatic heterocycles. The highest BCUT2D eigenvalue weighted by Gasteiger charge is 2.24. The van der Waals surface area contributed by atoms with Crippen LogP contribution in [0.4, 0.5) is 10.2 Å². The summed E-state index contributed by atoms with van der Waals surface area (Å²) in [5.74, 6) is -0.485. The number of benzene rings is 1. The van der Waals surface area contributed by atoms with Gasteiger partial charge in [-0.2, -0.15) is 0 Å². The first-order valence-electron chi connectivity index (χ1n) is 11.0. The summed E-state index contributed by atoms with van der Waals surface area (Å²) in [6.45, 7) is 4.51. The quantitative estimate of drug-likeness (QED) is 0.572. The van der Waals surface area contributed by atoms with E-state index in [0.29, 0.717) is 49.6 Å². The predicted octanol–water partition coefficient (Wildman–Crippen LogP) is 1.70. The Bertz CT molecular complexity index is 1290. The number of aryl methyl sites for hydroxylation is 1. The molecular formula is C24H27FN6O3. The molecule has 0 unspecified atom stereocenters. The van der Waals surface area contributed by atoms with Crippen molar-refractivity contribution in [1.82, 2.24) is 24.3 Å². The molecule has 1 aromatic carbocycles. The Morgan fingerprint density at radius 3 is 2.62 bits per heavy atom. The van der Waals surface area contributed by atoms with Crippen molar-refractivity contribution in [2.75, 3.05) is 51.7 Å². The molecule has 0 radical (unpaired) electrons. The Hall–Kier alpha value is -3.79. The summed E-state index contributed by atoms with van der Waals surface area (Å²) in [5, 5.41) is 10.7. The van der Waals surface area contributed by atoms with Crippen LogP contribution < -0.4 is 10.5 Å². The zero-order valence-electron chi connectivity index (χ0n) is 19.4. The standard InChI is InChI=1S/C24H27FN6O3/c1-16-14-17-21(24(34)31(16)22-18(25)6-4-7-19(22)32)26-15-27-23(17)30-12-10-29(11-13-30)20(33)8-5-9-28(2)3/h4-8,14-15,32H,9-13H2,1-3H3/b8-5+. The number of para-hydroxylation sites is 1. The van der Waals surface area contributed by atoms with Crippen LogP contribution in [0.1, 0.15) is 5.69 Å². The molecule has 0 aliphatic carbocycles. The fourth-order valence-corrected chi connectivity index (χ4v) is 4.09. The number of hydrogen-bond donors (Lipinski definition) is 1. The van der Waals surface area contributed by atoms with Crippen molar-refractivity contribution in [1.29, 1.82) is 0 Å². The number of hydrogen-bond acceptors (Lipinski definition) is 7. The molecule has 0 atom stereocenters. The highest BCUT2D eigenvalue weighted by molar-refractivity contribution is 5.90. The van der Waals surface area contributed by atoms with Crippen LogP contribution in [0.15, 0.2) is 47.5 Å². The molecule has 1 aliphatic rings. The van der Waals surface area contributed by atoms with Gasteiger partial charge in [-0.15, -0.1) is 0 Å². The number of fused-ring (bicyclic) bond motifs is 1. The fraction of sp³-hybridized carbons (Fsp3) is 0.333. The van der Waals surface area contributed by atoms with Gasteiger partial charge in [-0.1, -0.05) is 12.1 Å². The Morgan fingerprint density at radius 2 is 1.94 bits per heavy atom. The average molecular weight is 467 g/mol. The normalized spacial score (nSPS) is 14.5. The molecule has 3 aromatic rings. The van der Waals surface area contributed by atoms with Gasteiger partial charge in [0.05, 0.1) is 5.39 Å². The van der Waals surface area contributed by atoms with Crippen LogP contribution in [0.25, 0.3) is 16.6 Å². The summed E-state index contributed by atoms with van der Waals surface area (Å²) < 4.78 is 15.6. The number of carbonyl (C=O) groups excluding carboxylic acids is 1. The molecule has 1 N–H and O–H groups in total. The minimum atomic E-state index is -0.709. The summed E-state index contributed by atoms with van der Waals surface area (Å²) in [4.78, 5) is 40.1. The van der Waals surface area contributed by atoms with E-state index in [4.69, 9.17) is 0 Å². The van der Waals surface area contributed by atoms with Gasteiger partial charge < -0.3 is 19.8 Å². The number of nitrogens with zero attached hydrogens (tertiary/aromatic N) is 6. The van der Waals surface area contributed by atoms with E-state index < -0.39 is 11.4 Å². The SMILES string of the molecule is Cc1cc2c(N3CCN(C(=O)/C=C/CN(C)C)CC3)ncnc2c(=O)n1-c1c(O)cccc1F. The molecule has 2 aromatic heterocycles. The molecule has 1 saturated heterocycles. The molecular weight excluding hydrogens is 439 g/mol. The lowest BCUT2D eigenvalue weighted by molar-refractivity contribution is -0.126. The van der Waals surface area contributed by atoms with Gasteiger partial charge in [-0.3, -0.25) is 14.2 Å². The minimum Gasteiger partial charge on any atom is -0.506 e. The summed E-state index contributed by atoms with van der Waals surface area (Å²) in [5.41, 5.74) is -0.183. The number of halogens is 1. The number of anilines is 1. The van der Waals surface area contributed by atoms with E-state index in [-0.39, 0.29) is 22.9 Å². The second-order valence-corrected chi connectivity index (χ2v) is 8.47. The van der Waals surface area contributed by atoms with Crippen molar-refractivity contribution < 1.29 is 14.3 Å². The molecule has 10 heteroatoms. The Balaban J connectivity index is 1.63. The molecule has 3 heterocycles. The van der Waals surface area contributed by atoms with Crippen molar-refractivity contribution in [3.05, 3.63) is 64.6 Å². The smallest absolute Gasteiger partial charge is 0.282 e. The summed E-state index contributed by atoms with van der Waals surface area (Å²) in [6.07, 6.45) is 4.75. The lowest BCUT2D eigenvalue weighted by Crippen LogP contribution is -2.48. The van der Waals surface area contributed by atoms with Crippen molar-refractivity contribution in [2.24, 2.45) is 0 Å². The maximum Gasteiger partial charge on any atom is 0.282 e. The van der Waals surface area contributed by atoms with Crippen LogP contribution in [0.3, 0.4) is 0 Å². The number of phenolic OH excluding ortho intramolecular Hbond substituents is 1. The molecule has 1 fully saturated rings. The minimum absolute atomic E-state index is 0.0301. The zero-order valence-corrected chi connectivity index (χ0v) is 19.4. The maximum absolute atomic E-state index is 14.5. The monoisotopic (exact) mass is 466 g/mol. The van der Waals surface area contributed by atoms with Gasteiger partial charge in [-0.25, -0.2) is 14.4 Å². The summed E-state index contributed by atoms with van der Waals surface area (Å²) in [6, 6.07) is 5.61. The van der Waals surface area contributed by atoms with Crippen molar-refractivity contribution in [3.8, 4) is 11.4 Å². The Labute approximate surface area is 196 Å². The molecule has 9 nitrogen and oxygen atoms in total. The largest absolute Gasteiger partial charge is 0.506 e. The number of aromatic nitrogens is 3. The first-order valence-corrected chi connectivity index (χ1v) is 11.0. The third-order valence-corrected chi connectivity index (χ3v) is 5.79. The van der Waals surface area contributed by atoms with Crippen LogP contribution in [0.5, 0.6) is 5.75 Å². The zero-order chi connectivity index (χ0) is 24.4. The first-order chi connectivity index (χ1) is 16.3. The van der Waals surface area contributed by atoms with Crippen LogP contribution in [-0.4, -0.2) is 82.2 Å². The maximum atomic E-state index is 14.5. The third-order valence-electron chi connectivity index (χ3n) is 5.79. The van der Waals surface area contributed by atoms with E-state index >= 15 is 0 Å². The van der Waals surface area contributed by atoms with E-state index in [2.05, 4.69) is 9.97 Å². The second kappa shape index (κ2) is 9.60. The molecule has 1 amide bonds. The number of rotatable bonds is 5. The van der Waals surface area contributed by atoms with Crippen LogP contribution in [-0.2, 0) is 4.79 Å². The number of amides is 1. The topological polar surface area (TPSA) is 94.8 Å². The molecule has 0 bridgehead atoms. The molecule has 4 rings (SSSR count). The van der Waals surface area contributed by atoms with E-state index in [0.717, 1.165) is 4.57 Å². The average Bonchev–Trinajstić information content (AvgIpc) is 2.80. The number of carbonyl (C=O) groups is 1. The summed E-state index contributed by atoms with van der Waals surface area (Å²) in [7, 11) is 3.88. The number of aromatic hydroxyl groups is 1. The first kappa shape index (κ1) is 23.4. The lowest BCUT2D eigenvalue weighted by Gasteiger charge is -2.35. The Morgan fingerprint density at radius 1 is 1.21 bits per heavy atom. The predicted molar refractivity (Wildman–Crippen MR) is 128 cm³/mol. The number of piperazine rings is 1. The van der Waals surface area contributed by atoms with Crippen molar-refractivity contribution in [3.63, 3.8) is 0 Å². The molecule has 0 saturated carbocycles. The summed E-state index contributed by atoms with van der Waals surface area (Å²) >= 11 is 0. The van der Waals surface area contributed by atoms with E-state index in [1.807, 2.05) is 30.0 Å². The van der Waals surface area contributed by atoms with Gasteiger partial charge in [0.1, 0.15) is 29.1 Å². The molecule has 0 spiro atoms. The van der Waals surface area contributed by atoms with Gasteiger partial charge in [-0.05, 0) is 39.2 Å². The van der Waals surface area contributed by atoms with Crippen LogP contribution >= 0.6 is 0 Å². The van der Waals surface area contributed by atoms with Crippen LogP contribution in [0, 0.1) is 12.7 Å². The fourth-order valence-electron chi connectivity index (χ4n) is 4.09. The number of pyridine rings is 1. The van der Waals surface area contributed by atoms with E-state index in [1.165, 1.54) is 24.5 Å². The van der Waals surface area contributed by atoms with E-state index in [9.17, 15) is 19.1 Å². The van der Waals surface area contributed by atoms with Gasteiger partial charge >= 0.3 is 0 Å². The van der Waals surface area contributed by atoms with Crippen molar-refractivity contribution >= 4 is 22.6 Å². The number of phenols is 1. The highest BCUT2D eigenvalue weighted by Crippen LogP contribution is 2.28. The Kier molecular flexibility index (Phi) is 6.60.